The van der Waals surface area contributed by atoms with E-state index in [2.05, 4.69) is 15.0 Å². The molecule has 2 aromatic carbocycles. The predicted octanol–water partition coefficient (Wildman–Crippen LogP) is 5.80. The fourth-order valence-electron chi connectivity index (χ4n) is 3.64. The summed E-state index contributed by atoms with van der Waals surface area (Å²) in [7, 11) is -3.89. The van der Waals surface area contributed by atoms with Crippen LogP contribution >= 0.6 is 22.9 Å². The lowest BCUT2D eigenvalue weighted by Crippen LogP contribution is -2.16. The van der Waals surface area contributed by atoms with Crippen LogP contribution in [0.1, 0.15) is 38.2 Å². The molecule has 0 bridgehead atoms. The highest BCUT2D eigenvalue weighted by Gasteiger charge is 2.24. The molecule has 0 saturated heterocycles. The van der Waals surface area contributed by atoms with Gasteiger partial charge in [-0.15, -0.1) is 11.3 Å². The number of fused-ring (bicyclic) bond motifs is 1. The third kappa shape index (κ3) is 5.35. The van der Waals surface area contributed by atoms with Gasteiger partial charge in [0.05, 0.1) is 17.2 Å². The first-order chi connectivity index (χ1) is 17.1. The Morgan fingerprint density at radius 2 is 1.81 bits per heavy atom. The Balaban J connectivity index is 1.66. The Bertz CT molecular complexity index is 1580. The number of hydrogen-bond acceptors (Lipinski definition) is 7. The van der Waals surface area contributed by atoms with E-state index in [0.717, 1.165) is 22.6 Å². The predicted molar refractivity (Wildman–Crippen MR) is 142 cm³/mol. The maximum absolute atomic E-state index is 13.2. The summed E-state index contributed by atoms with van der Waals surface area (Å²) in [6, 6.07) is 13.6. The van der Waals surface area contributed by atoms with Crippen LogP contribution in [0.15, 0.2) is 59.5 Å². The summed E-state index contributed by atoms with van der Waals surface area (Å²) in [5, 5.41) is 3.88. The van der Waals surface area contributed by atoms with Gasteiger partial charge in [0.2, 0.25) is 0 Å². The molecule has 0 atom stereocenters. The highest BCUT2D eigenvalue weighted by Crippen LogP contribution is 2.38. The van der Waals surface area contributed by atoms with Gasteiger partial charge in [-0.1, -0.05) is 17.7 Å². The molecule has 0 aliphatic heterocycles. The van der Waals surface area contributed by atoms with Crippen molar-refractivity contribution in [1.82, 2.24) is 4.98 Å². The molecule has 36 heavy (non-hydrogen) atoms. The van der Waals surface area contributed by atoms with Crippen LogP contribution in [0.2, 0.25) is 5.02 Å². The van der Waals surface area contributed by atoms with Gasteiger partial charge in [-0.05, 0) is 74.9 Å². The van der Waals surface area contributed by atoms with Crippen LogP contribution in [-0.2, 0) is 14.8 Å². The number of hydrogen-bond donors (Lipinski definition) is 2. The molecule has 0 unspecified atom stereocenters. The number of sulfonamides is 1. The van der Waals surface area contributed by atoms with E-state index in [9.17, 15) is 18.0 Å². The van der Waals surface area contributed by atoms with Crippen molar-refractivity contribution in [2.45, 2.75) is 25.7 Å². The molecule has 11 heteroatoms. The zero-order valence-corrected chi connectivity index (χ0v) is 22.0. The summed E-state index contributed by atoms with van der Waals surface area (Å²) >= 11 is 6.99. The van der Waals surface area contributed by atoms with Crippen molar-refractivity contribution in [2.24, 2.45) is 0 Å². The van der Waals surface area contributed by atoms with Gasteiger partial charge in [0, 0.05) is 27.4 Å². The van der Waals surface area contributed by atoms with Gasteiger partial charge in [0.25, 0.3) is 15.9 Å². The number of nitrogens with one attached hydrogen (secondary N) is 2. The van der Waals surface area contributed by atoms with E-state index in [-0.39, 0.29) is 27.6 Å². The molecule has 4 aromatic rings. The summed E-state index contributed by atoms with van der Waals surface area (Å²) in [6.45, 7) is 5.61. The number of ether oxygens (including phenoxy) is 1. The molecule has 2 aromatic heterocycles. The molecule has 2 N–H and O–H groups in total. The Hall–Kier alpha value is -3.47. The minimum atomic E-state index is -3.89. The second-order valence-electron chi connectivity index (χ2n) is 7.88. The van der Waals surface area contributed by atoms with E-state index in [1.54, 1.807) is 19.1 Å². The number of carbonyl (C=O) groups excluding carboxylic acids is 2. The number of amides is 1. The second-order valence-corrected chi connectivity index (χ2v) is 11.0. The van der Waals surface area contributed by atoms with E-state index in [0.29, 0.717) is 20.9 Å². The van der Waals surface area contributed by atoms with E-state index < -0.39 is 21.9 Å². The number of pyridine rings is 1. The minimum Gasteiger partial charge on any atom is -0.462 e. The number of halogens is 1. The summed E-state index contributed by atoms with van der Waals surface area (Å²) in [4.78, 5) is 31.2. The smallest absolute Gasteiger partial charge is 0.350 e. The maximum atomic E-state index is 13.2. The van der Waals surface area contributed by atoms with Crippen molar-refractivity contribution in [3.8, 4) is 0 Å². The summed E-state index contributed by atoms with van der Waals surface area (Å²) in [6.07, 6.45) is 0. The maximum Gasteiger partial charge on any atom is 0.350 e. The number of benzene rings is 2. The molecule has 2 heterocycles. The lowest BCUT2D eigenvalue weighted by Gasteiger charge is -2.11. The van der Waals surface area contributed by atoms with Crippen molar-refractivity contribution in [3.05, 3.63) is 81.3 Å². The Morgan fingerprint density at radius 1 is 1.08 bits per heavy atom. The van der Waals surface area contributed by atoms with Crippen LogP contribution in [0.4, 0.5) is 11.4 Å². The molecule has 0 radical (unpaired) electrons. The average Bonchev–Trinajstić information content (AvgIpc) is 3.17. The Kier molecular flexibility index (Phi) is 7.30. The van der Waals surface area contributed by atoms with Gasteiger partial charge < -0.3 is 10.1 Å². The number of thiophene rings is 1. The fraction of sp³-hybridized carbons (Fsp3) is 0.160. The molecular weight excluding hydrogens is 522 g/mol. The van der Waals surface area contributed by atoms with Crippen LogP contribution in [0, 0.1) is 13.8 Å². The topological polar surface area (TPSA) is 114 Å². The lowest BCUT2D eigenvalue weighted by atomic mass is 10.1. The van der Waals surface area contributed by atoms with E-state index in [4.69, 9.17) is 16.3 Å². The van der Waals surface area contributed by atoms with Crippen molar-refractivity contribution >= 4 is 66.4 Å². The van der Waals surface area contributed by atoms with E-state index in [1.807, 2.05) is 19.9 Å². The molecule has 0 saturated carbocycles. The largest absolute Gasteiger partial charge is 0.462 e. The third-order valence-electron chi connectivity index (χ3n) is 5.19. The highest BCUT2D eigenvalue weighted by molar-refractivity contribution is 7.92. The Morgan fingerprint density at radius 3 is 2.50 bits per heavy atom. The number of aromatic nitrogens is 1. The summed E-state index contributed by atoms with van der Waals surface area (Å²) in [5.41, 5.74) is 2.35. The molecule has 0 fully saturated rings. The van der Waals surface area contributed by atoms with Gasteiger partial charge >= 0.3 is 5.97 Å². The first-order valence-corrected chi connectivity index (χ1v) is 13.5. The molecule has 0 aliphatic carbocycles. The minimum absolute atomic E-state index is 0.0313. The molecule has 186 valence electrons. The van der Waals surface area contributed by atoms with Crippen LogP contribution in [0.25, 0.3) is 10.2 Å². The average molecular weight is 544 g/mol. The number of nitrogens with zero attached hydrogens (tertiary/aromatic N) is 1. The fourth-order valence-corrected chi connectivity index (χ4v) is 5.96. The molecule has 0 spiro atoms. The van der Waals surface area contributed by atoms with E-state index >= 15 is 0 Å². The first kappa shape index (κ1) is 25.6. The molecular formula is C25H22ClN3O5S2. The zero-order chi connectivity index (χ0) is 26.0. The SMILES string of the molecule is CCOC(=O)c1sc2nc(C)cc(C)c2c1NC(=O)c1cccc(NS(=O)(=O)c2ccc(Cl)cc2)c1. The van der Waals surface area contributed by atoms with Crippen LogP contribution in [0.3, 0.4) is 0 Å². The molecule has 0 aliphatic rings. The molecule has 1 amide bonds. The normalized spacial score (nSPS) is 11.3. The first-order valence-electron chi connectivity index (χ1n) is 10.9. The molecule has 4 rings (SSSR count). The zero-order valence-electron chi connectivity index (χ0n) is 19.6. The van der Waals surface area contributed by atoms with Crippen molar-refractivity contribution in [3.63, 3.8) is 0 Å². The summed E-state index contributed by atoms with van der Waals surface area (Å²) < 4.78 is 33.1. The Labute approximate surface area is 217 Å². The lowest BCUT2D eigenvalue weighted by molar-refractivity contribution is 0.0533. The summed E-state index contributed by atoms with van der Waals surface area (Å²) in [5.74, 6) is -1.08. The van der Waals surface area contributed by atoms with Gasteiger partial charge in [-0.2, -0.15) is 0 Å². The highest BCUT2D eigenvalue weighted by atomic mass is 35.5. The number of carbonyl (C=O) groups is 2. The monoisotopic (exact) mass is 543 g/mol. The van der Waals surface area contributed by atoms with Crippen molar-refractivity contribution in [1.29, 1.82) is 0 Å². The van der Waals surface area contributed by atoms with Gasteiger partial charge in [0.15, 0.2) is 0 Å². The number of rotatable bonds is 7. The van der Waals surface area contributed by atoms with Crippen LogP contribution < -0.4 is 10.0 Å². The van der Waals surface area contributed by atoms with Crippen molar-refractivity contribution in [2.75, 3.05) is 16.6 Å². The van der Waals surface area contributed by atoms with Gasteiger partial charge in [-0.25, -0.2) is 18.2 Å². The number of anilines is 2. The van der Waals surface area contributed by atoms with Crippen LogP contribution in [-0.4, -0.2) is 31.9 Å². The third-order valence-corrected chi connectivity index (χ3v) is 7.90. The number of aryl methyl sites for hydroxylation is 2. The number of esters is 1. The van der Waals surface area contributed by atoms with Crippen LogP contribution in [0.5, 0.6) is 0 Å². The van der Waals surface area contributed by atoms with Gasteiger partial charge in [-0.3, -0.25) is 9.52 Å². The molecule has 8 nitrogen and oxygen atoms in total. The van der Waals surface area contributed by atoms with E-state index in [1.165, 1.54) is 36.4 Å². The van der Waals surface area contributed by atoms with Gasteiger partial charge in [0.1, 0.15) is 9.71 Å². The quantitative estimate of drug-likeness (QED) is 0.285. The second kappa shape index (κ2) is 10.3. The standard InChI is InChI=1S/C25H22ClN3O5S2/c1-4-34-25(31)22-21(20-14(2)12-15(3)27-24(20)35-22)28-23(30)16-6-5-7-18(13-16)29-36(32,33)19-10-8-17(26)9-11-19/h5-13,29H,4H2,1-3H3,(H,28,30). The van der Waals surface area contributed by atoms with Crippen molar-refractivity contribution < 1.29 is 22.7 Å².